The van der Waals surface area contributed by atoms with Crippen LogP contribution in [0.3, 0.4) is 0 Å². The molecule has 3 aliphatic rings. The number of carbonyl (C=O) groups is 2. The Kier molecular flexibility index (Phi) is 4.88. The molecule has 0 spiro atoms. The molecule has 2 fully saturated rings. The number of urea groups is 1. The molecule has 3 atom stereocenters. The molecule has 8 nitrogen and oxygen atoms in total. The summed E-state index contributed by atoms with van der Waals surface area (Å²) in [6, 6.07) is 0.780. The van der Waals surface area contributed by atoms with Crippen molar-refractivity contribution in [2.45, 2.75) is 51.0 Å². The number of fused-ring (bicyclic) bond motifs is 3. The molecule has 1 aromatic carbocycles. The summed E-state index contributed by atoms with van der Waals surface area (Å²) in [6.07, 6.45) is 3.45. The van der Waals surface area contributed by atoms with Crippen LogP contribution in [0.4, 0.5) is 29.3 Å². The van der Waals surface area contributed by atoms with E-state index in [1.807, 2.05) is 14.0 Å². The maximum atomic E-state index is 13.5. The normalized spacial score (nSPS) is 25.3. The highest BCUT2D eigenvalue weighted by atomic mass is 19.2. The highest BCUT2D eigenvalue weighted by Gasteiger charge is 2.45. The number of halogens is 3. The minimum absolute atomic E-state index is 0.0314. The lowest BCUT2D eigenvalue weighted by atomic mass is 10.1. The smallest absolute Gasteiger partial charge is 0.314 e. The predicted octanol–water partition coefficient (Wildman–Crippen LogP) is 2.55. The Morgan fingerprint density at radius 2 is 1.88 bits per heavy atom. The van der Waals surface area contributed by atoms with Gasteiger partial charge in [-0.15, -0.1) is 0 Å². The summed E-state index contributed by atoms with van der Waals surface area (Å²) in [4.78, 5) is 31.3. The van der Waals surface area contributed by atoms with E-state index in [2.05, 4.69) is 15.3 Å². The number of nitrogens with one attached hydrogen (secondary N) is 1. The second-order valence-electron chi connectivity index (χ2n) is 8.68. The molecule has 1 aromatic heterocycles. The third kappa shape index (κ3) is 3.22. The number of carbonyl (C=O) groups excluding carboxylic acids is 2. The van der Waals surface area contributed by atoms with Gasteiger partial charge in [-0.2, -0.15) is 5.10 Å². The molecule has 0 radical (unpaired) electrons. The van der Waals surface area contributed by atoms with E-state index in [0.717, 1.165) is 30.7 Å². The largest absolute Gasteiger partial charge is 0.322 e. The second-order valence-corrected chi connectivity index (χ2v) is 8.68. The van der Waals surface area contributed by atoms with Crippen LogP contribution in [0.5, 0.6) is 0 Å². The van der Waals surface area contributed by atoms with Crippen LogP contribution in [0, 0.1) is 17.5 Å². The number of hydrogen-bond acceptors (Lipinski definition) is 4. The quantitative estimate of drug-likeness (QED) is 0.717. The summed E-state index contributed by atoms with van der Waals surface area (Å²) in [5, 5.41) is 6.86. The van der Waals surface area contributed by atoms with Crippen molar-refractivity contribution in [1.29, 1.82) is 0 Å². The number of likely N-dealkylation sites (N-methyl/N-ethyl adjacent to an activating group) is 1. The zero-order chi connectivity index (χ0) is 22.7. The van der Waals surface area contributed by atoms with Gasteiger partial charge in [0.05, 0.1) is 42.8 Å². The van der Waals surface area contributed by atoms with Crippen LogP contribution >= 0.6 is 0 Å². The van der Waals surface area contributed by atoms with E-state index in [1.54, 1.807) is 15.8 Å². The zero-order valence-corrected chi connectivity index (χ0v) is 17.7. The molecule has 0 saturated carbocycles. The number of anilines is 2. The summed E-state index contributed by atoms with van der Waals surface area (Å²) < 4.78 is 42.0. The van der Waals surface area contributed by atoms with Crippen molar-refractivity contribution in [1.82, 2.24) is 19.6 Å². The first-order chi connectivity index (χ1) is 15.2. The Morgan fingerprint density at radius 3 is 2.59 bits per heavy atom. The average Bonchev–Trinajstić information content (AvgIpc) is 3.26. The summed E-state index contributed by atoms with van der Waals surface area (Å²) in [6.45, 7) is 2.98. The molecule has 2 saturated heterocycles. The zero-order valence-electron chi connectivity index (χ0n) is 17.7. The SMILES string of the molecule is C[C@H]1Cn2ncc(N3CC4CCC(C3=O)N4C)c2CN1C(=O)Nc1cc(F)c(F)c(F)c1. The maximum Gasteiger partial charge on any atom is 0.322 e. The Hall–Kier alpha value is -3.08. The first-order valence-electron chi connectivity index (χ1n) is 10.5. The molecule has 2 aromatic rings. The highest BCUT2D eigenvalue weighted by Crippen LogP contribution is 2.35. The molecular weight excluding hydrogens is 425 g/mol. The van der Waals surface area contributed by atoms with E-state index < -0.39 is 23.5 Å². The van der Waals surface area contributed by atoms with Crippen molar-refractivity contribution >= 4 is 23.3 Å². The number of nitrogens with zero attached hydrogens (tertiary/aromatic N) is 5. The Labute approximate surface area is 182 Å². The van der Waals surface area contributed by atoms with Crippen LogP contribution in [0.2, 0.25) is 0 Å². The Balaban J connectivity index is 1.38. The first-order valence-corrected chi connectivity index (χ1v) is 10.5. The summed E-state index contributed by atoms with van der Waals surface area (Å²) in [5.74, 6) is -4.32. The van der Waals surface area contributed by atoms with E-state index >= 15 is 0 Å². The van der Waals surface area contributed by atoms with E-state index in [0.29, 0.717) is 24.8 Å². The third-order valence-electron chi connectivity index (χ3n) is 6.79. The number of amides is 3. The lowest BCUT2D eigenvalue weighted by Crippen LogP contribution is -2.56. The van der Waals surface area contributed by atoms with E-state index in [9.17, 15) is 22.8 Å². The summed E-state index contributed by atoms with van der Waals surface area (Å²) >= 11 is 0. The predicted molar refractivity (Wildman–Crippen MR) is 109 cm³/mol. The molecule has 3 amide bonds. The van der Waals surface area contributed by atoms with E-state index in [4.69, 9.17) is 0 Å². The van der Waals surface area contributed by atoms with Crippen molar-refractivity contribution in [2.75, 3.05) is 23.8 Å². The lowest BCUT2D eigenvalue weighted by molar-refractivity contribution is -0.124. The molecule has 2 bridgehead atoms. The van der Waals surface area contributed by atoms with Gasteiger partial charge in [0, 0.05) is 30.4 Å². The Morgan fingerprint density at radius 1 is 1.16 bits per heavy atom. The van der Waals surface area contributed by atoms with Gasteiger partial charge in [-0.25, -0.2) is 18.0 Å². The van der Waals surface area contributed by atoms with Gasteiger partial charge in [-0.1, -0.05) is 0 Å². The summed E-state index contributed by atoms with van der Waals surface area (Å²) in [7, 11) is 1.97. The van der Waals surface area contributed by atoms with Crippen LogP contribution in [-0.4, -0.2) is 63.2 Å². The van der Waals surface area contributed by atoms with Gasteiger partial charge in [0.1, 0.15) is 0 Å². The topological polar surface area (TPSA) is 73.7 Å². The van der Waals surface area contributed by atoms with Crippen LogP contribution in [0.25, 0.3) is 0 Å². The maximum absolute atomic E-state index is 13.5. The minimum atomic E-state index is -1.59. The molecule has 11 heteroatoms. The molecule has 170 valence electrons. The molecule has 5 rings (SSSR count). The molecule has 1 N–H and O–H groups in total. The molecule has 4 heterocycles. The number of aromatic nitrogens is 2. The molecular formula is C21H23F3N6O2. The molecule has 3 aliphatic heterocycles. The van der Waals surface area contributed by atoms with Crippen molar-refractivity contribution in [3.8, 4) is 0 Å². The fourth-order valence-electron chi connectivity index (χ4n) is 4.93. The lowest BCUT2D eigenvalue weighted by Gasteiger charge is -2.39. The fourth-order valence-corrected chi connectivity index (χ4v) is 4.93. The minimum Gasteiger partial charge on any atom is -0.314 e. The van der Waals surface area contributed by atoms with Crippen molar-refractivity contribution in [3.05, 3.63) is 41.5 Å². The fraction of sp³-hybridized carbons (Fsp3) is 0.476. The monoisotopic (exact) mass is 448 g/mol. The van der Waals surface area contributed by atoms with Gasteiger partial charge < -0.3 is 15.1 Å². The number of rotatable bonds is 2. The van der Waals surface area contributed by atoms with Crippen molar-refractivity contribution < 1.29 is 22.8 Å². The van der Waals surface area contributed by atoms with Gasteiger partial charge in [0.15, 0.2) is 17.5 Å². The average molecular weight is 448 g/mol. The Bertz CT molecular complexity index is 1080. The van der Waals surface area contributed by atoms with Gasteiger partial charge in [-0.3, -0.25) is 14.4 Å². The molecule has 0 aliphatic carbocycles. The molecule has 32 heavy (non-hydrogen) atoms. The van der Waals surface area contributed by atoms with Crippen LogP contribution < -0.4 is 10.2 Å². The molecule has 2 unspecified atom stereocenters. The second kappa shape index (κ2) is 7.51. The van der Waals surface area contributed by atoms with Crippen molar-refractivity contribution in [2.24, 2.45) is 0 Å². The highest BCUT2D eigenvalue weighted by molar-refractivity contribution is 5.99. The van der Waals surface area contributed by atoms with Gasteiger partial charge in [0.2, 0.25) is 5.91 Å². The number of hydrogen-bond donors (Lipinski definition) is 1. The van der Waals surface area contributed by atoms with Gasteiger partial charge in [0.25, 0.3) is 0 Å². The van der Waals surface area contributed by atoms with Crippen LogP contribution in [-0.2, 0) is 17.9 Å². The number of benzene rings is 1. The first kappa shape index (κ1) is 20.8. The van der Waals surface area contributed by atoms with Gasteiger partial charge >= 0.3 is 6.03 Å². The van der Waals surface area contributed by atoms with E-state index in [-0.39, 0.29) is 30.2 Å². The van der Waals surface area contributed by atoms with Crippen LogP contribution in [0.15, 0.2) is 18.3 Å². The third-order valence-corrected chi connectivity index (χ3v) is 6.79. The number of piperazine rings is 1. The van der Waals surface area contributed by atoms with E-state index in [1.165, 1.54) is 4.90 Å². The summed E-state index contributed by atoms with van der Waals surface area (Å²) in [5.41, 5.74) is 1.24. The standard InChI is InChI=1S/C21H23F3N6O2/c1-11-8-30-18(10-28(11)21(32)26-12-5-14(22)19(24)15(23)6-12)17(7-25-30)29-9-13-3-4-16(20(29)31)27(13)2/h5-7,11,13,16H,3-4,8-10H2,1-2H3,(H,26,32)/t11-,13?,16?/m0/s1. The van der Waals surface area contributed by atoms with Crippen LogP contribution in [0.1, 0.15) is 25.5 Å². The van der Waals surface area contributed by atoms with Crippen molar-refractivity contribution in [3.63, 3.8) is 0 Å². The van der Waals surface area contributed by atoms with Gasteiger partial charge in [-0.05, 0) is 26.8 Å².